The number of rotatable bonds is 3. The van der Waals surface area contributed by atoms with Crippen molar-refractivity contribution in [3.05, 3.63) is 33.9 Å². The summed E-state index contributed by atoms with van der Waals surface area (Å²) in [6, 6.07) is 5.33. The Morgan fingerprint density at radius 2 is 1.84 bits per heavy atom. The fourth-order valence-electron chi connectivity index (χ4n) is 1.87. The summed E-state index contributed by atoms with van der Waals surface area (Å²) in [7, 11) is 1.83. The van der Waals surface area contributed by atoms with Crippen LogP contribution < -0.4 is 11.1 Å². The van der Waals surface area contributed by atoms with E-state index in [1.807, 2.05) is 20.9 Å². The fraction of sp³-hybridized carbons (Fsp3) is 0.308. The van der Waals surface area contributed by atoms with Gasteiger partial charge in [-0.15, -0.1) is 0 Å². The third kappa shape index (κ3) is 2.65. The molecule has 0 fully saturated rings. The molecule has 0 amide bonds. The van der Waals surface area contributed by atoms with Crippen molar-refractivity contribution in [1.29, 1.82) is 0 Å². The minimum absolute atomic E-state index is 0.253. The van der Waals surface area contributed by atoms with Gasteiger partial charge in [0.05, 0.1) is 27.1 Å². The number of halogens is 2. The highest BCUT2D eigenvalue weighted by Crippen LogP contribution is 2.36. The fourth-order valence-corrected chi connectivity index (χ4v) is 2.36. The first-order chi connectivity index (χ1) is 8.91. The number of nitrogens with one attached hydrogen (secondary N) is 1. The van der Waals surface area contributed by atoms with Crippen molar-refractivity contribution in [2.75, 3.05) is 11.1 Å². The third-order valence-electron chi connectivity index (χ3n) is 2.87. The van der Waals surface area contributed by atoms with E-state index in [1.54, 1.807) is 22.9 Å². The number of nitrogens with zero attached hydrogens (tertiary/aromatic N) is 2. The maximum atomic E-state index is 6.14. The number of nitrogen functional groups attached to an aromatic ring is 1. The molecular weight excluding hydrogens is 283 g/mol. The molecule has 1 aromatic heterocycles. The number of hydrogen-bond acceptors (Lipinski definition) is 3. The number of aryl methyl sites for hydroxylation is 1. The number of hydrogen-bond donors (Lipinski definition) is 2. The van der Waals surface area contributed by atoms with Crippen LogP contribution >= 0.6 is 23.2 Å². The van der Waals surface area contributed by atoms with Gasteiger partial charge in [-0.3, -0.25) is 4.68 Å². The second-order valence-corrected chi connectivity index (χ2v) is 5.46. The Bertz CT molecular complexity index is 585. The zero-order valence-electron chi connectivity index (χ0n) is 11.0. The van der Waals surface area contributed by atoms with Crippen LogP contribution in [0.15, 0.2) is 18.2 Å². The van der Waals surface area contributed by atoms with Gasteiger partial charge in [-0.05, 0) is 18.1 Å². The summed E-state index contributed by atoms with van der Waals surface area (Å²) in [5.41, 5.74) is 8.23. The average molecular weight is 299 g/mol. The quantitative estimate of drug-likeness (QED) is 0.894. The van der Waals surface area contributed by atoms with E-state index < -0.39 is 0 Å². The lowest BCUT2D eigenvalue weighted by Gasteiger charge is -2.11. The maximum absolute atomic E-state index is 6.14. The maximum Gasteiger partial charge on any atom is 0.152 e. The normalized spacial score (nSPS) is 11.1. The molecule has 0 unspecified atom stereocenters. The molecule has 0 spiro atoms. The summed E-state index contributed by atoms with van der Waals surface area (Å²) in [4.78, 5) is 0. The number of anilines is 3. The highest BCUT2D eigenvalue weighted by Gasteiger charge is 2.17. The van der Waals surface area contributed by atoms with Crippen LogP contribution in [0.5, 0.6) is 0 Å². The van der Waals surface area contributed by atoms with E-state index in [1.165, 1.54) is 0 Å². The minimum atomic E-state index is 0.253. The van der Waals surface area contributed by atoms with Gasteiger partial charge >= 0.3 is 0 Å². The predicted molar refractivity (Wildman–Crippen MR) is 81.5 cm³/mol. The Morgan fingerprint density at radius 3 is 2.32 bits per heavy atom. The Balaban J connectivity index is 2.44. The minimum Gasteiger partial charge on any atom is -0.394 e. The Kier molecular flexibility index (Phi) is 3.92. The van der Waals surface area contributed by atoms with Crippen LogP contribution in [-0.4, -0.2) is 9.78 Å². The Hall–Kier alpha value is -1.39. The van der Waals surface area contributed by atoms with E-state index in [4.69, 9.17) is 28.9 Å². The summed E-state index contributed by atoms with van der Waals surface area (Å²) in [5.74, 6) is 0.946. The summed E-state index contributed by atoms with van der Waals surface area (Å²) in [6.45, 7) is 4.09. The highest BCUT2D eigenvalue weighted by atomic mass is 35.5. The SMILES string of the molecule is CC(C)c1nn(C)c(Nc2c(Cl)cccc2Cl)c1N. The first kappa shape index (κ1) is 14.0. The van der Waals surface area contributed by atoms with Gasteiger partial charge in [0, 0.05) is 7.05 Å². The van der Waals surface area contributed by atoms with Crippen LogP contribution in [0, 0.1) is 0 Å². The molecule has 0 aliphatic carbocycles. The number of nitrogens with two attached hydrogens (primary N) is 1. The molecule has 0 aliphatic heterocycles. The molecular formula is C13H16Cl2N4. The first-order valence-electron chi connectivity index (χ1n) is 5.95. The zero-order valence-corrected chi connectivity index (χ0v) is 12.5. The van der Waals surface area contributed by atoms with Crippen molar-refractivity contribution in [3.8, 4) is 0 Å². The smallest absolute Gasteiger partial charge is 0.152 e. The van der Waals surface area contributed by atoms with E-state index >= 15 is 0 Å². The lowest BCUT2D eigenvalue weighted by Crippen LogP contribution is -2.02. The van der Waals surface area contributed by atoms with Crippen LogP contribution in [0.3, 0.4) is 0 Å². The molecule has 102 valence electrons. The lowest BCUT2D eigenvalue weighted by atomic mass is 10.1. The van der Waals surface area contributed by atoms with E-state index in [0.717, 1.165) is 5.69 Å². The van der Waals surface area contributed by atoms with E-state index in [-0.39, 0.29) is 5.92 Å². The zero-order chi connectivity index (χ0) is 14.2. The first-order valence-corrected chi connectivity index (χ1v) is 6.70. The molecule has 19 heavy (non-hydrogen) atoms. The van der Waals surface area contributed by atoms with Crippen molar-refractivity contribution in [2.24, 2.45) is 7.05 Å². The van der Waals surface area contributed by atoms with E-state index in [9.17, 15) is 0 Å². The van der Waals surface area contributed by atoms with Gasteiger partial charge < -0.3 is 11.1 Å². The lowest BCUT2D eigenvalue weighted by molar-refractivity contribution is 0.718. The standard InChI is InChI=1S/C13H16Cl2N4/c1-7(2)11-10(16)13(19(3)18-11)17-12-8(14)5-4-6-9(12)15/h4-7,17H,16H2,1-3H3. The highest BCUT2D eigenvalue weighted by molar-refractivity contribution is 6.39. The molecule has 2 aromatic rings. The van der Waals surface area contributed by atoms with Crippen molar-refractivity contribution in [2.45, 2.75) is 19.8 Å². The van der Waals surface area contributed by atoms with Gasteiger partial charge in [-0.25, -0.2) is 0 Å². The summed E-state index contributed by atoms with van der Waals surface area (Å²) in [5, 5.41) is 8.65. The molecule has 1 aromatic carbocycles. The van der Waals surface area contributed by atoms with Crippen molar-refractivity contribution >= 4 is 40.4 Å². The molecule has 6 heteroatoms. The van der Waals surface area contributed by atoms with Crippen LogP contribution in [0.25, 0.3) is 0 Å². The van der Waals surface area contributed by atoms with Gasteiger partial charge in [0.25, 0.3) is 0 Å². The van der Waals surface area contributed by atoms with Crippen molar-refractivity contribution in [1.82, 2.24) is 9.78 Å². The number of para-hydroxylation sites is 1. The molecule has 1 heterocycles. The molecule has 0 saturated heterocycles. The predicted octanol–water partition coefficient (Wildman–Crippen LogP) is 4.18. The molecule has 0 atom stereocenters. The second-order valence-electron chi connectivity index (χ2n) is 4.65. The molecule has 0 bridgehead atoms. The molecule has 4 nitrogen and oxygen atoms in total. The topological polar surface area (TPSA) is 55.9 Å². The van der Waals surface area contributed by atoms with Crippen molar-refractivity contribution < 1.29 is 0 Å². The van der Waals surface area contributed by atoms with Crippen molar-refractivity contribution in [3.63, 3.8) is 0 Å². The summed E-state index contributed by atoms with van der Waals surface area (Å²) < 4.78 is 1.70. The van der Waals surface area contributed by atoms with Crippen LogP contribution in [-0.2, 0) is 7.05 Å². The number of aromatic nitrogens is 2. The summed E-state index contributed by atoms with van der Waals surface area (Å²) in [6.07, 6.45) is 0. The molecule has 2 rings (SSSR count). The van der Waals surface area contributed by atoms with Gasteiger partial charge in [-0.2, -0.15) is 5.10 Å². The molecule has 3 N–H and O–H groups in total. The van der Waals surface area contributed by atoms with Gasteiger partial charge in [0.2, 0.25) is 0 Å². The largest absolute Gasteiger partial charge is 0.394 e. The van der Waals surface area contributed by atoms with E-state index in [0.29, 0.717) is 27.2 Å². The van der Waals surface area contributed by atoms with Gasteiger partial charge in [0.1, 0.15) is 0 Å². The van der Waals surface area contributed by atoms with Gasteiger partial charge in [0.15, 0.2) is 5.82 Å². The second kappa shape index (κ2) is 5.31. The molecule has 0 aliphatic rings. The molecule has 0 radical (unpaired) electrons. The monoisotopic (exact) mass is 298 g/mol. The molecule has 0 saturated carbocycles. The Labute approximate surface area is 122 Å². The summed E-state index contributed by atoms with van der Waals surface area (Å²) >= 11 is 12.3. The average Bonchev–Trinajstić information content (AvgIpc) is 2.61. The van der Waals surface area contributed by atoms with Crippen LogP contribution in [0.1, 0.15) is 25.5 Å². The van der Waals surface area contributed by atoms with Gasteiger partial charge in [-0.1, -0.05) is 43.1 Å². The number of benzene rings is 1. The Morgan fingerprint density at radius 1 is 1.26 bits per heavy atom. The van der Waals surface area contributed by atoms with E-state index in [2.05, 4.69) is 10.4 Å². The van der Waals surface area contributed by atoms with Crippen LogP contribution in [0.4, 0.5) is 17.2 Å². The third-order valence-corrected chi connectivity index (χ3v) is 3.50. The van der Waals surface area contributed by atoms with Crippen LogP contribution in [0.2, 0.25) is 10.0 Å².